The summed E-state index contributed by atoms with van der Waals surface area (Å²) in [5.41, 5.74) is 1.85. The number of methoxy groups -OCH3 is 1. The van der Waals surface area contributed by atoms with Gasteiger partial charge in [-0.1, -0.05) is 48.6 Å². The number of hydrogen-bond acceptors (Lipinski definition) is 4. The summed E-state index contributed by atoms with van der Waals surface area (Å²) in [6.45, 7) is 0. The number of para-hydroxylation sites is 2. The van der Waals surface area contributed by atoms with E-state index in [4.69, 9.17) is 29.2 Å². The molecule has 3 rings (SSSR count). The Labute approximate surface area is 153 Å². The Hall–Kier alpha value is -1.86. The van der Waals surface area contributed by atoms with Crippen molar-refractivity contribution in [2.45, 2.75) is 5.85 Å². The Morgan fingerprint density at radius 3 is 1.83 bits per heavy atom. The van der Waals surface area contributed by atoms with Gasteiger partial charge in [0.15, 0.2) is 10.1 Å². The topological polar surface area (TPSA) is 19.0 Å². The van der Waals surface area contributed by atoms with Gasteiger partial charge in [-0.3, -0.25) is 14.7 Å². The minimum absolute atomic E-state index is 0.591. The third kappa shape index (κ3) is 2.43. The molecule has 0 aromatic heterocycles. The average Bonchev–Trinajstić information content (AvgIpc) is 2.84. The van der Waals surface area contributed by atoms with E-state index in [0.717, 1.165) is 11.4 Å². The summed E-state index contributed by atoms with van der Waals surface area (Å²) < 4.78 is 5.94. The fourth-order valence-electron chi connectivity index (χ4n) is 2.98. The summed E-state index contributed by atoms with van der Waals surface area (Å²) in [6.07, 6.45) is 0. The molecule has 0 N–H and O–H groups in total. The van der Waals surface area contributed by atoms with Crippen LogP contribution in [0.1, 0.15) is 0 Å². The summed E-state index contributed by atoms with van der Waals surface area (Å²) in [5, 5.41) is 0.591. The largest absolute Gasteiger partial charge is 0.340 e. The summed E-state index contributed by atoms with van der Waals surface area (Å²) in [7, 11) is 5.52. The molecule has 2 aromatic rings. The third-order valence-electron chi connectivity index (χ3n) is 4.09. The zero-order valence-electron chi connectivity index (χ0n) is 13.8. The molecule has 4 nitrogen and oxygen atoms in total. The van der Waals surface area contributed by atoms with Gasteiger partial charge < -0.3 is 4.74 Å². The lowest BCUT2D eigenvalue weighted by molar-refractivity contribution is -0.0436. The van der Waals surface area contributed by atoms with Crippen molar-refractivity contribution in [2.24, 2.45) is 0 Å². The van der Waals surface area contributed by atoms with Crippen molar-refractivity contribution in [3.05, 3.63) is 60.7 Å². The first-order chi connectivity index (χ1) is 11.5. The first-order valence-corrected chi connectivity index (χ1v) is 8.37. The second kappa shape index (κ2) is 6.57. The zero-order chi connectivity index (χ0) is 17.3. The van der Waals surface area contributed by atoms with Crippen LogP contribution in [0.15, 0.2) is 60.7 Å². The van der Waals surface area contributed by atoms with Gasteiger partial charge in [-0.25, -0.2) is 0 Å². The number of benzene rings is 2. The molecule has 24 heavy (non-hydrogen) atoms. The summed E-state index contributed by atoms with van der Waals surface area (Å²) in [6, 6.07) is 19.8. The van der Waals surface area contributed by atoms with E-state index in [-0.39, 0.29) is 0 Å². The number of thiocarbonyl (C=S) groups is 2. The van der Waals surface area contributed by atoms with E-state index in [9.17, 15) is 0 Å². The maximum Gasteiger partial charge on any atom is 0.260 e. The molecule has 1 atom stereocenters. The Morgan fingerprint density at radius 1 is 0.875 bits per heavy atom. The molecule has 1 aliphatic heterocycles. The van der Waals surface area contributed by atoms with E-state index >= 15 is 0 Å². The molecule has 124 valence electrons. The molecule has 0 aliphatic carbocycles. The summed E-state index contributed by atoms with van der Waals surface area (Å²) in [5.74, 6) is -0.955. The molecule has 1 fully saturated rings. The van der Waals surface area contributed by atoms with Gasteiger partial charge in [0.05, 0.1) is 0 Å². The summed E-state index contributed by atoms with van der Waals surface area (Å²) in [4.78, 5) is 6.38. The van der Waals surface area contributed by atoms with E-state index in [1.54, 1.807) is 7.11 Å². The lowest BCUT2D eigenvalue weighted by Gasteiger charge is -2.40. The molecule has 0 spiro atoms. The van der Waals surface area contributed by atoms with E-state index in [1.807, 2.05) is 89.5 Å². The monoisotopic (exact) mass is 357 g/mol. The van der Waals surface area contributed by atoms with E-state index in [2.05, 4.69) is 0 Å². The highest BCUT2D eigenvalue weighted by Gasteiger charge is 2.56. The zero-order valence-corrected chi connectivity index (χ0v) is 15.5. The quantitative estimate of drug-likeness (QED) is 0.612. The van der Waals surface area contributed by atoms with Crippen molar-refractivity contribution in [1.82, 2.24) is 4.90 Å². The van der Waals surface area contributed by atoms with Gasteiger partial charge in [0.25, 0.3) is 5.85 Å². The molecule has 6 heteroatoms. The van der Waals surface area contributed by atoms with Crippen molar-refractivity contribution in [2.75, 3.05) is 31.0 Å². The Balaban J connectivity index is 2.19. The molecular weight excluding hydrogens is 338 g/mol. The first-order valence-electron chi connectivity index (χ1n) is 7.55. The minimum atomic E-state index is -0.955. The minimum Gasteiger partial charge on any atom is -0.340 e. The van der Waals surface area contributed by atoms with Crippen molar-refractivity contribution in [3.63, 3.8) is 0 Å². The molecule has 0 saturated carbocycles. The molecular formula is C18H19N3OS2. The second-order valence-electron chi connectivity index (χ2n) is 5.64. The van der Waals surface area contributed by atoms with Crippen LogP contribution in [0.4, 0.5) is 11.4 Å². The van der Waals surface area contributed by atoms with Crippen LogP contribution in [0.2, 0.25) is 0 Å². The third-order valence-corrected chi connectivity index (χ3v) is 4.90. The van der Waals surface area contributed by atoms with Crippen LogP contribution in [0.25, 0.3) is 0 Å². The van der Waals surface area contributed by atoms with E-state index in [1.165, 1.54) is 0 Å². The number of rotatable bonds is 4. The van der Waals surface area contributed by atoms with E-state index in [0.29, 0.717) is 10.1 Å². The molecule has 2 aromatic carbocycles. The Bertz CT molecular complexity index is 751. The summed E-state index contributed by atoms with van der Waals surface area (Å²) >= 11 is 11.6. The first kappa shape index (κ1) is 17.0. The van der Waals surface area contributed by atoms with Crippen LogP contribution in [0.5, 0.6) is 0 Å². The van der Waals surface area contributed by atoms with Gasteiger partial charge in [-0.2, -0.15) is 0 Å². The standard InChI is InChI=1S/C18H19N3OS2/c1-19(2)18(22-3)16(23)20(14-10-6-4-7-11-14)17(24)21(18)15-12-8-5-9-13-15/h4-13H,1-3H3. The number of nitrogens with zero attached hydrogens (tertiary/aromatic N) is 3. The van der Waals surface area contributed by atoms with Crippen molar-refractivity contribution < 1.29 is 4.74 Å². The maximum absolute atomic E-state index is 5.94. The predicted molar refractivity (Wildman–Crippen MR) is 106 cm³/mol. The fraction of sp³-hybridized carbons (Fsp3) is 0.222. The van der Waals surface area contributed by atoms with Crippen LogP contribution in [-0.4, -0.2) is 42.1 Å². The van der Waals surface area contributed by atoms with Crippen LogP contribution < -0.4 is 9.80 Å². The molecule has 1 aliphatic rings. The van der Waals surface area contributed by atoms with Crippen LogP contribution >= 0.6 is 24.4 Å². The van der Waals surface area contributed by atoms with E-state index < -0.39 is 5.85 Å². The number of likely N-dealkylation sites (N-methyl/N-ethyl adjacent to an activating group) is 1. The molecule has 1 heterocycles. The van der Waals surface area contributed by atoms with Crippen LogP contribution in [0.3, 0.4) is 0 Å². The Morgan fingerprint density at radius 2 is 1.38 bits per heavy atom. The van der Waals surface area contributed by atoms with Gasteiger partial charge in [-0.05, 0) is 50.6 Å². The smallest absolute Gasteiger partial charge is 0.260 e. The molecule has 0 radical (unpaired) electrons. The number of anilines is 2. The number of hydrogen-bond donors (Lipinski definition) is 0. The van der Waals surface area contributed by atoms with Crippen molar-refractivity contribution in [1.29, 1.82) is 0 Å². The highest BCUT2D eigenvalue weighted by atomic mass is 32.1. The van der Waals surface area contributed by atoms with Crippen molar-refractivity contribution in [3.8, 4) is 0 Å². The second-order valence-corrected chi connectivity index (χ2v) is 6.39. The molecule has 0 amide bonds. The average molecular weight is 358 g/mol. The molecule has 0 bridgehead atoms. The normalized spacial score (nSPS) is 21.0. The lowest BCUT2D eigenvalue weighted by atomic mass is 10.2. The highest BCUT2D eigenvalue weighted by Crippen LogP contribution is 2.38. The van der Waals surface area contributed by atoms with Gasteiger partial charge >= 0.3 is 0 Å². The predicted octanol–water partition coefficient (Wildman–Crippen LogP) is 3.49. The molecule has 1 unspecified atom stereocenters. The Kier molecular flexibility index (Phi) is 4.64. The van der Waals surface area contributed by atoms with Gasteiger partial charge in [-0.15, -0.1) is 0 Å². The van der Waals surface area contributed by atoms with Gasteiger partial charge in [0.1, 0.15) is 0 Å². The fourth-order valence-corrected chi connectivity index (χ4v) is 4.01. The molecule has 1 saturated heterocycles. The van der Waals surface area contributed by atoms with Crippen LogP contribution in [-0.2, 0) is 4.74 Å². The van der Waals surface area contributed by atoms with Gasteiger partial charge in [0, 0.05) is 18.5 Å². The van der Waals surface area contributed by atoms with Crippen molar-refractivity contribution >= 4 is 45.9 Å². The van der Waals surface area contributed by atoms with Crippen LogP contribution in [0, 0.1) is 0 Å². The highest BCUT2D eigenvalue weighted by molar-refractivity contribution is 7.83. The lowest BCUT2D eigenvalue weighted by Crippen LogP contribution is -2.61. The maximum atomic E-state index is 5.94. The number of ether oxygens (including phenoxy) is 1. The SMILES string of the molecule is COC1(N(C)C)C(=S)N(c2ccccc2)C(=S)N1c1ccccc1. The van der Waals surface area contributed by atoms with Gasteiger partial charge in [0.2, 0.25) is 0 Å².